The lowest BCUT2D eigenvalue weighted by Gasteiger charge is -2.31. The van der Waals surface area contributed by atoms with E-state index in [1.165, 1.54) is 5.56 Å². The van der Waals surface area contributed by atoms with Gasteiger partial charge in [0.25, 0.3) is 0 Å². The number of thioether (sulfide) groups is 1. The van der Waals surface area contributed by atoms with Crippen LogP contribution in [0.3, 0.4) is 0 Å². The van der Waals surface area contributed by atoms with Crippen LogP contribution in [0.4, 0.5) is 5.69 Å². The standard InChI is InChI=1S/C24H23N5OS/c30-24(22-16-29(12-13-31-22)15-17-4-2-1-3-5-17)26-19-6-7-21-20(14-19)23(28-27-21)18-8-10-25-11-9-18/h1-11,14,22H,12-13,15-16H2,(H,26,30)(H,27,28). The Kier molecular flexibility index (Phi) is 5.69. The maximum atomic E-state index is 13.0. The summed E-state index contributed by atoms with van der Waals surface area (Å²) in [5.41, 5.74) is 4.85. The fraction of sp³-hybridized carbons (Fsp3) is 0.208. The molecule has 1 amide bonds. The van der Waals surface area contributed by atoms with E-state index < -0.39 is 0 Å². The van der Waals surface area contributed by atoms with E-state index in [2.05, 4.69) is 49.7 Å². The molecule has 6 nitrogen and oxygen atoms in total. The normalized spacial score (nSPS) is 17.0. The van der Waals surface area contributed by atoms with Crippen LogP contribution < -0.4 is 5.32 Å². The number of benzene rings is 2. The second-order valence-corrected chi connectivity index (χ2v) is 8.95. The highest BCUT2D eigenvalue weighted by molar-refractivity contribution is 8.00. The third-order valence-electron chi connectivity index (χ3n) is 5.48. The van der Waals surface area contributed by atoms with Gasteiger partial charge in [0.15, 0.2) is 0 Å². The van der Waals surface area contributed by atoms with Gasteiger partial charge in [-0.15, -0.1) is 11.8 Å². The minimum atomic E-state index is -0.0859. The molecule has 1 saturated heterocycles. The summed E-state index contributed by atoms with van der Waals surface area (Å²) in [4.78, 5) is 19.4. The van der Waals surface area contributed by atoms with Crippen molar-refractivity contribution in [3.05, 3.63) is 78.6 Å². The highest BCUT2D eigenvalue weighted by Crippen LogP contribution is 2.29. The van der Waals surface area contributed by atoms with Crippen molar-refractivity contribution < 1.29 is 4.79 Å². The maximum Gasteiger partial charge on any atom is 0.238 e. The molecule has 2 N–H and O–H groups in total. The van der Waals surface area contributed by atoms with Crippen LogP contribution in [0, 0.1) is 0 Å². The number of hydrogen-bond donors (Lipinski definition) is 2. The predicted octanol–water partition coefficient (Wildman–Crippen LogP) is 4.18. The van der Waals surface area contributed by atoms with Crippen LogP contribution >= 0.6 is 11.8 Å². The topological polar surface area (TPSA) is 73.9 Å². The molecule has 4 aromatic rings. The zero-order chi connectivity index (χ0) is 21.0. The second kappa shape index (κ2) is 8.91. The van der Waals surface area contributed by atoms with Crippen LogP contribution in [0.2, 0.25) is 0 Å². The number of hydrogen-bond acceptors (Lipinski definition) is 5. The fourth-order valence-corrected chi connectivity index (χ4v) is 5.07. The lowest BCUT2D eigenvalue weighted by Crippen LogP contribution is -2.42. The summed E-state index contributed by atoms with van der Waals surface area (Å²) in [5, 5.41) is 11.5. The van der Waals surface area contributed by atoms with Gasteiger partial charge in [-0.25, -0.2) is 0 Å². The second-order valence-electron chi connectivity index (χ2n) is 7.64. The van der Waals surface area contributed by atoms with E-state index in [0.29, 0.717) is 0 Å². The highest BCUT2D eigenvalue weighted by atomic mass is 32.2. The minimum Gasteiger partial charge on any atom is -0.325 e. The van der Waals surface area contributed by atoms with Gasteiger partial charge in [0.1, 0.15) is 5.69 Å². The number of aromatic nitrogens is 3. The summed E-state index contributed by atoms with van der Waals surface area (Å²) in [6.07, 6.45) is 3.51. The van der Waals surface area contributed by atoms with E-state index in [-0.39, 0.29) is 11.2 Å². The summed E-state index contributed by atoms with van der Waals surface area (Å²) in [7, 11) is 0. The van der Waals surface area contributed by atoms with E-state index >= 15 is 0 Å². The molecule has 1 aliphatic rings. The van der Waals surface area contributed by atoms with Gasteiger partial charge in [0.2, 0.25) is 5.91 Å². The van der Waals surface area contributed by atoms with Crippen LogP contribution in [0.5, 0.6) is 0 Å². The Bertz CT molecular complexity index is 1180. The third-order valence-corrected chi connectivity index (χ3v) is 6.66. The largest absolute Gasteiger partial charge is 0.325 e. The first-order chi connectivity index (χ1) is 15.3. The van der Waals surface area contributed by atoms with Crippen LogP contribution in [-0.4, -0.2) is 50.1 Å². The maximum absolute atomic E-state index is 13.0. The fourth-order valence-electron chi connectivity index (χ4n) is 3.89. The van der Waals surface area contributed by atoms with Gasteiger partial charge in [0.05, 0.1) is 10.8 Å². The number of aromatic amines is 1. The van der Waals surface area contributed by atoms with Gasteiger partial charge >= 0.3 is 0 Å². The summed E-state index contributed by atoms with van der Waals surface area (Å²) in [5.74, 6) is 1.01. The van der Waals surface area contributed by atoms with E-state index in [1.807, 2.05) is 36.4 Å². The van der Waals surface area contributed by atoms with Crippen LogP contribution in [0.15, 0.2) is 73.1 Å². The SMILES string of the molecule is O=C(Nc1ccc2[nH]nc(-c3ccncc3)c2c1)C1CN(Cc2ccccc2)CCS1. The first kappa shape index (κ1) is 19.8. The lowest BCUT2D eigenvalue weighted by atomic mass is 10.1. The van der Waals surface area contributed by atoms with Crippen molar-refractivity contribution >= 4 is 34.3 Å². The number of pyridine rings is 1. The van der Waals surface area contributed by atoms with Crippen molar-refractivity contribution in [2.45, 2.75) is 11.8 Å². The zero-order valence-corrected chi connectivity index (χ0v) is 17.8. The van der Waals surface area contributed by atoms with E-state index in [9.17, 15) is 4.79 Å². The average Bonchev–Trinajstić information content (AvgIpc) is 3.24. The van der Waals surface area contributed by atoms with Gasteiger partial charge in [-0.1, -0.05) is 30.3 Å². The van der Waals surface area contributed by atoms with Crippen molar-refractivity contribution in [1.29, 1.82) is 0 Å². The van der Waals surface area contributed by atoms with Gasteiger partial charge in [-0.3, -0.25) is 19.8 Å². The Balaban J connectivity index is 1.29. The third kappa shape index (κ3) is 4.47. The van der Waals surface area contributed by atoms with Gasteiger partial charge in [-0.2, -0.15) is 5.10 Å². The molecular weight excluding hydrogens is 406 g/mol. The highest BCUT2D eigenvalue weighted by Gasteiger charge is 2.26. The Morgan fingerprint density at radius 2 is 1.97 bits per heavy atom. The molecule has 3 heterocycles. The molecule has 7 heteroatoms. The molecular formula is C24H23N5OS. The molecule has 2 aromatic heterocycles. The molecule has 0 saturated carbocycles. The van der Waals surface area contributed by atoms with Crippen LogP contribution in [-0.2, 0) is 11.3 Å². The number of H-pyrrole nitrogens is 1. The van der Waals surface area contributed by atoms with E-state index in [0.717, 1.165) is 53.2 Å². The number of nitrogens with zero attached hydrogens (tertiary/aromatic N) is 3. The van der Waals surface area contributed by atoms with Crippen LogP contribution in [0.1, 0.15) is 5.56 Å². The number of rotatable bonds is 5. The predicted molar refractivity (Wildman–Crippen MR) is 126 cm³/mol. The quantitative estimate of drug-likeness (QED) is 0.498. The number of carbonyl (C=O) groups is 1. The molecule has 0 spiro atoms. The first-order valence-electron chi connectivity index (χ1n) is 10.3. The molecule has 156 valence electrons. The summed E-state index contributed by atoms with van der Waals surface area (Å²) in [6, 6.07) is 20.2. The molecule has 31 heavy (non-hydrogen) atoms. The summed E-state index contributed by atoms with van der Waals surface area (Å²) < 4.78 is 0. The molecule has 0 bridgehead atoms. The van der Waals surface area contributed by atoms with E-state index in [4.69, 9.17) is 0 Å². The Labute approximate surface area is 185 Å². The van der Waals surface area contributed by atoms with Crippen molar-refractivity contribution in [3.63, 3.8) is 0 Å². The van der Waals surface area contributed by atoms with Crippen LogP contribution in [0.25, 0.3) is 22.2 Å². The number of carbonyl (C=O) groups excluding carboxylic acids is 1. The Hall–Kier alpha value is -3.16. The first-order valence-corrected chi connectivity index (χ1v) is 11.4. The van der Waals surface area contributed by atoms with Gasteiger partial charge < -0.3 is 5.32 Å². The molecule has 1 unspecified atom stereocenters. The molecule has 1 fully saturated rings. The Morgan fingerprint density at radius 3 is 2.81 bits per heavy atom. The lowest BCUT2D eigenvalue weighted by molar-refractivity contribution is -0.116. The van der Waals surface area contributed by atoms with Gasteiger partial charge in [-0.05, 0) is 35.9 Å². The molecule has 1 aliphatic heterocycles. The molecule has 1 atom stereocenters. The van der Waals surface area contributed by atoms with Crippen molar-refractivity contribution in [3.8, 4) is 11.3 Å². The number of amides is 1. The average molecular weight is 430 g/mol. The smallest absolute Gasteiger partial charge is 0.238 e. The number of fused-ring (bicyclic) bond motifs is 1. The molecule has 0 radical (unpaired) electrons. The number of nitrogens with one attached hydrogen (secondary N) is 2. The zero-order valence-electron chi connectivity index (χ0n) is 17.0. The number of anilines is 1. The van der Waals surface area contributed by atoms with Gasteiger partial charge in [0, 0.05) is 54.4 Å². The summed E-state index contributed by atoms with van der Waals surface area (Å²) in [6.45, 7) is 2.63. The van der Waals surface area contributed by atoms with Crippen molar-refractivity contribution in [2.24, 2.45) is 0 Å². The molecule has 0 aliphatic carbocycles. The Morgan fingerprint density at radius 1 is 1.13 bits per heavy atom. The van der Waals surface area contributed by atoms with Crippen molar-refractivity contribution in [2.75, 3.05) is 24.2 Å². The van der Waals surface area contributed by atoms with Crippen molar-refractivity contribution in [1.82, 2.24) is 20.1 Å². The molecule has 5 rings (SSSR count). The monoisotopic (exact) mass is 429 g/mol. The minimum absolute atomic E-state index is 0.0519. The molecule has 2 aromatic carbocycles. The summed E-state index contributed by atoms with van der Waals surface area (Å²) >= 11 is 1.73. The van der Waals surface area contributed by atoms with E-state index in [1.54, 1.807) is 24.2 Å².